The summed E-state index contributed by atoms with van der Waals surface area (Å²) in [6.07, 6.45) is 1.75. The lowest BCUT2D eigenvalue weighted by atomic mass is 10.2. The second-order valence-electron chi connectivity index (χ2n) is 6.11. The van der Waals surface area contributed by atoms with Gasteiger partial charge in [-0.2, -0.15) is 0 Å². The molecule has 0 atom stereocenters. The van der Waals surface area contributed by atoms with Gasteiger partial charge in [0.25, 0.3) is 5.91 Å². The van der Waals surface area contributed by atoms with Gasteiger partial charge in [0.2, 0.25) is 0 Å². The van der Waals surface area contributed by atoms with E-state index in [4.69, 9.17) is 0 Å². The van der Waals surface area contributed by atoms with Crippen LogP contribution in [-0.2, 0) is 6.54 Å². The third-order valence-corrected chi connectivity index (χ3v) is 4.29. The van der Waals surface area contributed by atoms with Gasteiger partial charge in [0, 0.05) is 23.3 Å². The molecule has 0 saturated heterocycles. The maximum absolute atomic E-state index is 13.7. The summed E-state index contributed by atoms with van der Waals surface area (Å²) >= 11 is 0. The summed E-state index contributed by atoms with van der Waals surface area (Å²) in [6, 6.07) is 12.3. The van der Waals surface area contributed by atoms with Gasteiger partial charge in [-0.3, -0.25) is 9.78 Å². The number of nitrogens with one attached hydrogen (secondary N) is 1. The first-order chi connectivity index (χ1) is 12.0. The molecule has 0 aliphatic heterocycles. The van der Waals surface area contributed by atoms with Crippen molar-refractivity contribution in [2.24, 2.45) is 0 Å². The molecule has 1 amide bonds. The number of nitrogens with zero attached hydrogens (tertiary/aromatic N) is 2. The summed E-state index contributed by atoms with van der Waals surface area (Å²) in [5, 5.41) is 2.76. The van der Waals surface area contributed by atoms with Gasteiger partial charge < -0.3 is 9.88 Å². The van der Waals surface area contributed by atoms with E-state index < -0.39 is 0 Å². The van der Waals surface area contributed by atoms with Crippen LogP contribution in [0.3, 0.4) is 0 Å². The zero-order valence-electron chi connectivity index (χ0n) is 14.5. The maximum atomic E-state index is 13.7. The van der Waals surface area contributed by atoms with Gasteiger partial charge in [-0.25, -0.2) is 4.39 Å². The Hall–Kier alpha value is -2.95. The molecular formula is C20H20FN3O. The van der Waals surface area contributed by atoms with Crippen molar-refractivity contribution >= 4 is 11.6 Å². The highest BCUT2D eigenvalue weighted by Gasteiger charge is 2.16. The number of anilines is 1. The lowest BCUT2D eigenvalue weighted by molar-refractivity contribution is 0.102. The molecule has 1 aromatic carbocycles. The van der Waals surface area contributed by atoms with Crippen molar-refractivity contribution in [3.63, 3.8) is 0 Å². The normalized spacial score (nSPS) is 10.7. The van der Waals surface area contributed by atoms with Crippen molar-refractivity contribution in [3.8, 4) is 0 Å². The van der Waals surface area contributed by atoms with Gasteiger partial charge in [-0.05, 0) is 56.7 Å². The number of amides is 1. The lowest BCUT2D eigenvalue weighted by Gasteiger charge is -2.10. The number of carbonyl (C=O) groups excluding carboxylic acids is 1. The largest absolute Gasteiger partial charge is 0.342 e. The van der Waals surface area contributed by atoms with Crippen LogP contribution in [-0.4, -0.2) is 15.5 Å². The lowest BCUT2D eigenvalue weighted by Crippen LogP contribution is -2.14. The van der Waals surface area contributed by atoms with Crippen molar-refractivity contribution in [2.75, 3.05) is 5.32 Å². The van der Waals surface area contributed by atoms with Crippen LogP contribution in [0.2, 0.25) is 0 Å². The molecule has 2 heterocycles. The Morgan fingerprint density at radius 3 is 2.64 bits per heavy atom. The Morgan fingerprint density at radius 1 is 1.16 bits per heavy atom. The predicted octanol–water partition coefficient (Wildman–Crippen LogP) is 4.25. The molecule has 0 aliphatic carbocycles. The first kappa shape index (κ1) is 16.9. The minimum Gasteiger partial charge on any atom is -0.342 e. The van der Waals surface area contributed by atoms with Gasteiger partial charge >= 0.3 is 0 Å². The van der Waals surface area contributed by atoms with Crippen molar-refractivity contribution in [1.29, 1.82) is 0 Å². The molecule has 5 heteroatoms. The van der Waals surface area contributed by atoms with Crippen LogP contribution < -0.4 is 5.32 Å². The smallest absolute Gasteiger partial charge is 0.257 e. The Bertz CT molecular complexity index is 916. The molecule has 0 radical (unpaired) electrons. The van der Waals surface area contributed by atoms with Gasteiger partial charge in [-0.15, -0.1) is 0 Å². The molecule has 0 saturated carbocycles. The molecule has 0 spiro atoms. The van der Waals surface area contributed by atoms with Crippen LogP contribution >= 0.6 is 0 Å². The molecule has 1 N–H and O–H groups in total. The number of aryl methyl sites for hydroxylation is 2. The minimum atomic E-state index is -0.335. The number of aromatic nitrogens is 2. The highest BCUT2D eigenvalue weighted by atomic mass is 19.1. The molecule has 0 bridgehead atoms. The quantitative estimate of drug-likeness (QED) is 0.774. The fraction of sp³-hybridized carbons (Fsp3) is 0.200. The second kappa shape index (κ2) is 6.89. The number of halogens is 1. The zero-order chi connectivity index (χ0) is 18.0. The van der Waals surface area contributed by atoms with E-state index in [1.165, 1.54) is 6.07 Å². The highest BCUT2D eigenvalue weighted by molar-refractivity contribution is 6.05. The summed E-state index contributed by atoms with van der Waals surface area (Å²) in [6.45, 7) is 6.15. The molecule has 3 aromatic rings. The Balaban J connectivity index is 1.83. The Labute approximate surface area is 146 Å². The van der Waals surface area contributed by atoms with Crippen molar-refractivity contribution in [3.05, 3.63) is 82.7 Å². The van der Waals surface area contributed by atoms with Crippen LogP contribution in [0, 0.1) is 26.6 Å². The average Bonchev–Trinajstić information content (AvgIpc) is 2.87. The molecule has 0 aliphatic rings. The topological polar surface area (TPSA) is 46.9 Å². The average molecular weight is 337 g/mol. The number of rotatable bonds is 4. The molecule has 3 rings (SSSR count). The number of carbonyl (C=O) groups is 1. The van der Waals surface area contributed by atoms with E-state index in [0.717, 1.165) is 17.1 Å². The summed E-state index contributed by atoms with van der Waals surface area (Å²) in [5.41, 5.74) is 4.33. The predicted molar refractivity (Wildman–Crippen MR) is 96.3 cm³/mol. The van der Waals surface area contributed by atoms with E-state index in [0.29, 0.717) is 23.4 Å². The molecule has 25 heavy (non-hydrogen) atoms. The molecule has 2 aromatic heterocycles. The maximum Gasteiger partial charge on any atom is 0.257 e. The first-order valence-electron chi connectivity index (χ1n) is 8.10. The number of hydrogen-bond acceptors (Lipinski definition) is 2. The SMILES string of the molecule is Cc1ccc(NC(=O)c2cc(C)n(Cc3ccccn3)c2C)cc1F. The van der Waals surface area contributed by atoms with Crippen LogP contribution in [0.4, 0.5) is 10.1 Å². The minimum absolute atomic E-state index is 0.247. The van der Waals surface area contributed by atoms with Crippen LogP contribution in [0.15, 0.2) is 48.7 Å². The van der Waals surface area contributed by atoms with Gasteiger partial charge in [0.1, 0.15) is 5.82 Å². The monoisotopic (exact) mass is 337 g/mol. The molecule has 0 fully saturated rings. The van der Waals surface area contributed by atoms with E-state index in [9.17, 15) is 9.18 Å². The van der Waals surface area contributed by atoms with Crippen LogP contribution in [0.25, 0.3) is 0 Å². The standard InChI is InChI=1S/C20H20FN3O/c1-13-7-8-16(11-19(13)21)23-20(25)18-10-14(2)24(15(18)3)12-17-6-4-5-9-22-17/h4-11H,12H2,1-3H3,(H,23,25). The van der Waals surface area contributed by atoms with E-state index in [1.807, 2.05) is 42.7 Å². The zero-order valence-corrected chi connectivity index (χ0v) is 14.5. The molecule has 128 valence electrons. The van der Waals surface area contributed by atoms with E-state index >= 15 is 0 Å². The number of pyridine rings is 1. The number of hydrogen-bond donors (Lipinski definition) is 1. The van der Waals surface area contributed by atoms with Gasteiger partial charge in [-0.1, -0.05) is 12.1 Å². The van der Waals surface area contributed by atoms with Crippen LogP contribution in [0.1, 0.15) is 33.0 Å². The van der Waals surface area contributed by atoms with E-state index in [-0.39, 0.29) is 11.7 Å². The van der Waals surface area contributed by atoms with Crippen molar-refractivity contribution < 1.29 is 9.18 Å². The second-order valence-corrected chi connectivity index (χ2v) is 6.11. The summed E-state index contributed by atoms with van der Waals surface area (Å²) in [4.78, 5) is 16.9. The fourth-order valence-electron chi connectivity index (χ4n) is 2.80. The van der Waals surface area contributed by atoms with E-state index in [2.05, 4.69) is 10.3 Å². The number of benzene rings is 1. The third-order valence-electron chi connectivity index (χ3n) is 4.29. The highest BCUT2D eigenvalue weighted by Crippen LogP contribution is 2.19. The first-order valence-corrected chi connectivity index (χ1v) is 8.10. The van der Waals surface area contributed by atoms with Crippen LogP contribution in [0.5, 0.6) is 0 Å². The molecule has 0 unspecified atom stereocenters. The fourth-order valence-corrected chi connectivity index (χ4v) is 2.80. The summed E-state index contributed by atoms with van der Waals surface area (Å²) in [7, 11) is 0. The summed E-state index contributed by atoms with van der Waals surface area (Å²) in [5.74, 6) is -0.581. The van der Waals surface area contributed by atoms with Crippen molar-refractivity contribution in [1.82, 2.24) is 9.55 Å². The van der Waals surface area contributed by atoms with E-state index in [1.54, 1.807) is 25.3 Å². The third kappa shape index (κ3) is 3.60. The Kier molecular flexibility index (Phi) is 4.65. The van der Waals surface area contributed by atoms with Gasteiger partial charge in [0.05, 0.1) is 17.8 Å². The molecular weight excluding hydrogens is 317 g/mol. The van der Waals surface area contributed by atoms with Crippen molar-refractivity contribution in [2.45, 2.75) is 27.3 Å². The Morgan fingerprint density at radius 2 is 1.96 bits per heavy atom. The van der Waals surface area contributed by atoms with Gasteiger partial charge in [0.15, 0.2) is 0 Å². The summed E-state index contributed by atoms with van der Waals surface area (Å²) < 4.78 is 15.7. The molecule has 4 nitrogen and oxygen atoms in total.